The van der Waals surface area contributed by atoms with Crippen LogP contribution in [0.25, 0.3) is 11.0 Å². The fourth-order valence-electron chi connectivity index (χ4n) is 2.55. The highest BCUT2D eigenvalue weighted by Gasteiger charge is 2.13. The van der Waals surface area contributed by atoms with Crippen molar-refractivity contribution in [3.63, 3.8) is 0 Å². The van der Waals surface area contributed by atoms with Crippen LogP contribution in [-0.4, -0.2) is 9.55 Å². The zero-order valence-corrected chi connectivity index (χ0v) is 14.0. The number of rotatable bonds is 2. The fourth-order valence-corrected chi connectivity index (χ4v) is 2.55. The highest BCUT2D eigenvalue weighted by Crippen LogP contribution is 2.23. The minimum Gasteiger partial charge on any atom is -0.369 e. The van der Waals surface area contributed by atoms with E-state index >= 15 is 0 Å². The number of hydrogen-bond donors (Lipinski definition) is 1. The summed E-state index contributed by atoms with van der Waals surface area (Å²) in [7, 11) is 0. The zero-order valence-electron chi connectivity index (χ0n) is 13.2. The van der Waals surface area contributed by atoms with E-state index in [0.29, 0.717) is 5.95 Å². The van der Waals surface area contributed by atoms with Crippen molar-refractivity contribution < 1.29 is 0 Å². The second-order valence-electron chi connectivity index (χ2n) is 6.49. The predicted octanol–water partition coefficient (Wildman–Crippen LogP) is 4.39. The van der Waals surface area contributed by atoms with Crippen LogP contribution in [0.5, 0.6) is 0 Å². The molecule has 0 saturated carbocycles. The molecule has 22 heavy (non-hydrogen) atoms. The molecule has 0 unspecified atom stereocenters. The Bertz CT molecular complexity index is 767. The molecule has 0 atom stereocenters. The summed E-state index contributed by atoms with van der Waals surface area (Å²) in [4.78, 5) is 4.41. The summed E-state index contributed by atoms with van der Waals surface area (Å²) < 4.78 is 2.06. The molecule has 116 valence electrons. The normalized spacial score (nSPS) is 11.4. The lowest BCUT2D eigenvalue weighted by Gasteiger charge is -2.19. The van der Waals surface area contributed by atoms with E-state index in [4.69, 9.17) is 5.73 Å². The van der Waals surface area contributed by atoms with Gasteiger partial charge in [-0.15, -0.1) is 12.4 Å². The summed E-state index contributed by atoms with van der Waals surface area (Å²) >= 11 is 0. The molecule has 2 aromatic carbocycles. The summed E-state index contributed by atoms with van der Waals surface area (Å²) in [5.74, 6) is 0.566. The number of anilines is 1. The van der Waals surface area contributed by atoms with Gasteiger partial charge in [0.25, 0.3) is 0 Å². The van der Waals surface area contributed by atoms with E-state index in [2.05, 4.69) is 60.7 Å². The van der Waals surface area contributed by atoms with Gasteiger partial charge in [0.05, 0.1) is 17.6 Å². The molecule has 1 aromatic heterocycles. The topological polar surface area (TPSA) is 43.8 Å². The largest absolute Gasteiger partial charge is 0.369 e. The van der Waals surface area contributed by atoms with E-state index in [1.54, 1.807) is 0 Å². The Morgan fingerprint density at radius 2 is 1.64 bits per heavy atom. The van der Waals surface area contributed by atoms with Gasteiger partial charge in [-0.2, -0.15) is 0 Å². The Morgan fingerprint density at radius 1 is 1.00 bits per heavy atom. The van der Waals surface area contributed by atoms with Crippen molar-refractivity contribution in [3.05, 3.63) is 59.7 Å². The first-order valence-electron chi connectivity index (χ1n) is 7.25. The van der Waals surface area contributed by atoms with Crippen molar-refractivity contribution in [2.45, 2.75) is 32.7 Å². The van der Waals surface area contributed by atoms with Crippen LogP contribution >= 0.6 is 12.4 Å². The Balaban J connectivity index is 0.00000176. The molecule has 0 fully saturated rings. The van der Waals surface area contributed by atoms with Crippen LogP contribution in [0.4, 0.5) is 5.95 Å². The van der Waals surface area contributed by atoms with Crippen LogP contribution in [0.2, 0.25) is 0 Å². The van der Waals surface area contributed by atoms with Gasteiger partial charge in [0.2, 0.25) is 5.95 Å². The van der Waals surface area contributed by atoms with E-state index < -0.39 is 0 Å². The number of nitrogens with two attached hydrogens (primary N) is 1. The van der Waals surface area contributed by atoms with E-state index in [-0.39, 0.29) is 17.8 Å². The maximum absolute atomic E-state index is 6.05. The zero-order chi connectivity index (χ0) is 15.0. The Morgan fingerprint density at radius 3 is 2.27 bits per heavy atom. The minimum atomic E-state index is 0. The standard InChI is InChI=1S/C18H21N3.ClH/c1-18(2,3)14-10-8-13(9-11-14)12-21-16-7-5-4-6-15(16)20-17(21)19;/h4-11H,12H2,1-3H3,(H2,19,20);1H. The first kappa shape index (κ1) is 16.4. The summed E-state index contributed by atoms with van der Waals surface area (Å²) in [6.07, 6.45) is 0. The minimum absolute atomic E-state index is 0. The second-order valence-corrected chi connectivity index (χ2v) is 6.49. The molecular formula is C18H22ClN3. The highest BCUT2D eigenvalue weighted by molar-refractivity contribution is 5.85. The molecule has 0 aliphatic rings. The smallest absolute Gasteiger partial charge is 0.201 e. The van der Waals surface area contributed by atoms with Crippen LogP contribution in [0.3, 0.4) is 0 Å². The highest BCUT2D eigenvalue weighted by atomic mass is 35.5. The number of nitrogen functional groups attached to an aromatic ring is 1. The molecule has 1 heterocycles. The van der Waals surface area contributed by atoms with Crippen molar-refractivity contribution >= 4 is 29.4 Å². The molecule has 3 aromatic rings. The summed E-state index contributed by atoms with van der Waals surface area (Å²) in [5.41, 5.74) is 10.8. The third-order valence-corrected chi connectivity index (χ3v) is 3.84. The maximum Gasteiger partial charge on any atom is 0.201 e. The third kappa shape index (κ3) is 3.09. The van der Waals surface area contributed by atoms with Gasteiger partial charge >= 0.3 is 0 Å². The second kappa shape index (κ2) is 6.01. The van der Waals surface area contributed by atoms with E-state index in [1.807, 2.05) is 18.2 Å². The fraction of sp³-hybridized carbons (Fsp3) is 0.278. The number of nitrogens with zero attached hydrogens (tertiary/aromatic N) is 2. The molecule has 0 spiro atoms. The summed E-state index contributed by atoms with van der Waals surface area (Å²) in [6, 6.07) is 16.8. The first-order valence-corrected chi connectivity index (χ1v) is 7.25. The number of hydrogen-bond acceptors (Lipinski definition) is 2. The molecule has 0 aliphatic carbocycles. The molecular weight excluding hydrogens is 294 g/mol. The van der Waals surface area contributed by atoms with Crippen molar-refractivity contribution in [2.75, 3.05) is 5.73 Å². The van der Waals surface area contributed by atoms with Gasteiger partial charge in [-0.1, -0.05) is 57.2 Å². The van der Waals surface area contributed by atoms with Crippen LogP contribution < -0.4 is 5.73 Å². The van der Waals surface area contributed by atoms with Crippen LogP contribution in [0.1, 0.15) is 31.9 Å². The van der Waals surface area contributed by atoms with E-state index in [0.717, 1.165) is 17.6 Å². The number of fused-ring (bicyclic) bond motifs is 1. The number of para-hydroxylation sites is 2. The molecule has 0 saturated heterocycles. The quantitative estimate of drug-likeness (QED) is 0.762. The lowest BCUT2D eigenvalue weighted by atomic mass is 9.87. The lowest BCUT2D eigenvalue weighted by molar-refractivity contribution is 0.590. The number of benzene rings is 2. The molecule has 0 radical (unpaired) electrons. The number of halogens is 1. The number of aromatic nitrogens is 2. The average Bonchev–Trinajstić information content (AvgIpc) is 2.75. The molecule has 0 bridgehead atoms. The van der Waals surface area contributed by atoms with Gasteiger partial charge in [0.1, 0.15) is 0 Å². The van der Waals surface area contributed by atoms with Gasteiger partial charge in [0.15, 0.2) is 0 Å². The SMILES string of the molecule is CC(C)(C)c1ccc(Cn2c(N)nc3ccccc32)cc1.Cl. The van der Waals surface area contributed by atoms with Crippen LogP contribution in [-0.2, 0) is 12.0 Å². The number of imidazole rings is 1. The lowest BCUT2D eigenvalue weighted by Crippen LogP contribution is -2.11. The van der Waals surface area contributed by atoms with Gasteiger partial charge in [-0.05, 0) is 28.7 Å². The summed E-state index contributed by atoms with van der Waals surface area (Å²) in [6.45, 7) is 7.42. The predicted molar refractivity (Wildman–Crippen MR) is 95.6 cm³/mol. The average molecular weight is 316 g/mol. The van der Waals surface area contributed by atoms with Crippen LogP contribution in [0.15, 0.2) is 48.5 Å². The Labute approximate surface area is 137 Å². The Kier molecular flexibility index (Phi) is 4.47. The van der Waals surface area contributed by atoms with Crippen molar-refractivity contribution in [1.82, 2.24) is 9.55 Å². The molecule has 3 rings (SSSR count). The van der Waals surface area contributed by atoms with Crippen LogP contribution in [0, 0.1) is 0 Å². The molecule has 0 amide bonds. The van der Waals surface area contributed by atoms with Crippen molar-refractivity contribution in [1.29, 1.82) is 0 Å². The third-order valence-electron chi connectivity index (χ3n) is 3.84. The first-order chi connectivity index (χ1) is 9.95. The molecule has 4 heteroatoms. The van der Waals surface area contributed by atoms with Crippen molar-refractivity contribution in [3.8, 4) is 0 Å². The van der Waals surface area contributed by atoms with Gasteiger partial charge < -0.3 is 10.3 Å². The Hall–Kier alpha value is -2.00. The molecule has 3 nitrogen and oxygen atoms in total. The van der Waals surface area contributed by atoms with E-state index in [9.17, 15) is 0 Å². The molecule has 0 aliphatic heterocycles. The van der Waals surface area contributed by atoms with Gasteiger partial charge in [0, 0.05) is 0 Å². The summed E-state index contributed by atoms with van der Waals surface area (Å²) in [5, 5.41) is 0. The van der Waals surface area contributed by atoms with Gasteiger partial charge in [-0.25, -0.2) is 4.98 Å². The maximum atomic E-state index is 6.05. The van der Waals surface area contributed by atoms with Gasteiger partial charge in [-0.3, -0.25) is 0 Å². The van der Waals surface area contributed by atoms with E-state index in [1.165, 1.54) is 11.1 Å². The van der Waals surface area contributed by atoms with Crippen molar-refractivity contribution in [2.24, 2.45) is 0 Å². The molecule has 2 N–H and O–H groups in total. The monoisotopic (exact) mass is 315 g/mol.